The van der Waals surface area contributed by atoms with Gasteiger partial charge in [0.1, 0.15) is 24.0 Å². The maximum absolute atomic E-state index is 12.5. The van der Waals surface area contributed by atoms with E-state index in [9.17, 15) is 4.79 Å². The lowest BCUT2D eigenvalue weighted by atomic mass is 10.2. The van der Waals surface area contributed by atoms with E-state index >= 15 is 0 Å². The lowest BCUT2D eigenvalue weighted by Crippen LogP contribution is -2.36. The molecule has 3 heterocycles. The highest BCUT2D eigenvalue weighted by molar-refractivity contribution is 5.94. The van der Waals surface area contributed by atoms with Crippen LogP contribution in [0.4, 0.5) is 0 Å². The van der Waals surface area contributed by atoms with Gasteiger partial charge in [-0.15, -0.1) is 0 Å². The number of imidazole rings is 1. The molecule has 0 bridgehead atoms. The Morgan fingerprint density at radius 1 is 1.41 bits per heavy atom. The molecular formula is C15H18N6O. The second-order valence-corrected chi connectivity index (χ2v) is 5.47. The Bertz CT molecular complexity index is 805. The van der Waals surface area contributed by atoms with Gasteiger partial charge >= 0.3 is 0 Å². The summed E-state index contributed by atoms with van der Waals surface area (Å²) in [5.41, 5.74) is 3.19. The number of aryl methyl sites for hydroxylation is 2. The van der Waals surface area contributed by atoms with Crippen LogP contribution in [0.3, 0.4) is 0 Å². The van der Waals surface area contributed by atoms with Gasteiger partial charge in [0.05, 0.1) is 12.2 Å². The van der Waals surface area contributed by atoms with E-state index in [1.165, 1.54) is 6.33 Å². The summed E-state index contributed by atoms with van der Waals surface area (Å²) in [5.74, 6) is -0.138. The number of fused-ring (bicyclic) bond motifs is 1. The summed E-state index contributed by atoms with van der Waals surface area (Å²) in [6.07, 6.45) is 4.98. The van der Waals surface area contributed by atoms with E-state index < -0.39 is 0 Å². The van der Waals surface area contributed by atoms with E-state index in [2.05, 4.69) is 20.4 Å². The number of hydrogen-bond acceptors (Lipinski definition) is 4. The SMILES string of the molecule is Cc1ccn2c(C(=O)N[C@@H](C)Cn3cncn3)c(C)nc2c1. The normalized spacial score (nSPS) is 12.5. The number of rotatable bonds is 4. The van der Waals surface area contributed by atoms with Crippen LogP contribution in [0.15, 0.2) is 31.0 Å². The minimum absolute atomic E-state index is 0.0652. The molecule has 0 aliphatic heterocycles. The number of carbonyl (C=O) groups is 1. The maximum atomic E-state index is 12.5. The van der Waals surface area contributed by atoms with E-state index in [1.807, 2.05) is 43.5 Å². The molecule has 0 unspecified atom stereocenters. The molecule has 0 spiro atoms. The zero-order valence-electron chi connectivity index (χ0n) is 12.8. The van der Waals surface area contributed by atoms with E-state index in [4.69, 9.17) is 0 Å². The van der Waals surface area contributed by atoms with Crippen molar-refractivity contribution in [1.29, 1.82) is 0 Å². The molecule has 0 saturated heterocycles. The fourth-order valence-corrected chi connectivity index (χ4v) is 2.48. The number of aromatic nitrogens is 5. The molecule has 0 aromatic carbocycles. The fourth-order valence-electron chi connectivity index (χ4n) is 2.48. The summed E-state index contributed by atoms with van der Waals surface area (Å²) in [6.45, 7) is 6.35. The van der Waals surface area contributed by atoms with Gasteiger partial charge in [-0.3, -0.25) is 13.9 Å². The summed E-state index contributed by atoms with van der Waals surface area (Å²) in [7, 11) is 0. The number of pyridine rings is 1. The molecule has 0 aliphatic carbocycles. The molecule has 7 heteroatoms. The van der Waals surface area contributed by atoms with E-state index in [0.29, 0.717) is 12.2 Å². The van der Waals surface area contributed by atoms with Crippen LogP contribution >= 0.6 is 0 Å². The Morgan fingerprint density at radius 2 is 2.23 bits per heavy atom. The number of nitrogens with one attached hydrogen (secondary N) is 1. The summed E-state index contributed by atoms with van der Waals surface area (Å²) < 4.78 is 3.51. The summed E-state index contributed by atoms with van der Waals surface area (Å²) in [6, 6.07) is 3.86. The van der Waals surface area contributed by atoms with E-state index in [-0.39, 0.29) is 11.9 Å². The minimum atomic E-state index is -0.138. The number of carbonyl (C=O) groups excluding carboxylic acids is 1. The van der Waals surface area contributed by atoms with Crippen LogP contribution in [0.25, 0.3) is 5.65 Å². The Hall–Kier alpha value is -2.70. The number of nitrogens with zero attached hydrogens (tertiary/aromatic N) is 5. The smallest absolute Gasteiger partial charge is 0.270 e. The molecule has 1 atom stereocenters. The van der Waals surface area contributed by atoms with Crippen molar-refractivity contribution in [3.8, 4) is 0 Å². The Balaban J connectivity index is 1.81. The fraction of sp³-hybridized carbons (Fsp3) is 0.333. The van der Waals surface area contributed by atoms with Crippen molar-refractivity contribution in [3.05, 3.63) is 47.9 Å². The van der Waals surface area contributed by atoms with Gasteiger partial charge in [0.25, 0.3) is 5.91 Å². The van der Waals surface area contributed by atoms with Crippen LogP contribution < -0.4 is 5.32 Å². The second kappa shape index (κ2) is 5.59. The van der Waals surface area contributed by atoms with Crippen LogP contribution in [0.2, 0.25) is 0 Å². The highest BCUT2D eigenvalue weighted by Crippen LogP contribution is 2.13. The Labute approximate surface area is 128 Å². The molecule has 7 nitrogen and oxygen atoms in total. The minimum Gasteiger partial charge on any atom is -0.346 e. The quantitative estimate of drug-likeness (QED) is 0.789. The lowest BCUT2D eigenvalue weighted by Gasteiger charge is -2.13. The van der Waals surface area contributed by atoms with Gasteiger partial charge in [0.15, 0.2) is 0 Å². The molecule has 0 aliphatic rings. The first-order valence-electron chi connectivity index (χ1n) is 7.13. The van der Waals surface area contributed by atoms with Crippen LogP contribution in [-0.2, 0) is 6.54 Å². The van der Waals surface area contributed by atoms with Gasteiger partial charge in [0.2, 0.25) is 0 Å². The maximum Gasteiger partial charge on any atom is 0.270 e. The Kier molecular flexibility index (Phi) is 3.62. The van der Waals surface area contributed by atoms with Crippen molar-refractivity contribution in [2.75, 3.05) is 0 Å². The molecule has 3 aromatic heterocycles. The molecule has 0 fully saturated rings. The molecule has 3 aromatic rings. The van der Waals surface area contributed by atoms with Crippen LogP contribution in [0, 0.1) is 13.8 Å². The zero-order chi connectivity index (χ0) is 15.7. The third kappa shape index (κ3) is 2.69. The van der Waals surface area contributed by atoms with Gasteiger partial charge in [0, 0.05) is 12.2 Å². The van der Waals surface area contributed by atoms with Crippen LogP contribution in [-0.4, -0.2) is 36.1 Å². The van der Waals surface area contributed by atoms with Crippen molar-refractivity contribution >= 4 is 11.6 Å². The highest BCUT2D eigenvalue weighted by Gasteiger charge is 2.18. The van der Waals surface area contributed by atoms with Gasteiger partial charge in [-0.2, -0.15) is 5.10 Å². The average molecular weight is 298 g/mol. The molecule has 114 valence electrons. The van der Waals surface area contributed by atoms with Gasteiger partial charge < -0.3 is 5.32 Å². The largest absolute Gasteiger partial charge is 0.346 e. The van der Waals surface area contributed by atoms with Crippen molar-refractivity contribution in [2.45, 2.75) is 33.4 Å². The molecule has 0 saturated carbocycles. The summed E-state index contributed by atoms with van der Waals surface area (Å²) in [5, 5.41) is 7.02. The van der Waals surface area contributed by atoms with Crippen molar-refractivity contribution in [2.24, 2.45) is 0 Å². The lowest BCUT2D eigenvalue weighted by molar-refractivity contribution is 0.0929. The van der Waals surface area contributed by atoms with Crippen molar-refractivity contribution in [1.82, 2.24) is 29.5 Å². The van der Waals surface area contributed by atoms with Crippen LogP contribution in [0.5, 0.6) is 0 Å². The third-order valence-corrected chi connectivity index (χ3v) is 3.48. The van der Waals surface area contributed by atoms with Gasteiger partial charge in [-0.05, 0) is 38.5 Å². The Morgan fingerprint density at radius 3 is 2.95 bits per heavy atom. The third-order valence-electron chi connectivity index (χ3n) is 3.48. The topological polar surface area (TPSA) is 77.1 Å². The molecule has 1 amide bonds. The standard InChI is InChI=1S/C15H18N6O/c1-10-4-5-21-13(6-10)19-12(3)14(21)15(22)18-11(2)7-20-9-16-8-17-20/h4-6,8-9,11H,7H2,1-3H3,(H,18,22)/t11-/m0/s1. The van der Waals surface area contributed by atoms with Gasteiger partial charge in [-0.1, -0.05) is 0 Å². The monoisotopic (exact) mass is 298 g/mol. The molecule has 22 heavy (non-hydrogen) atoms. The average Bonchev–Trinajstić information content (AvgIpc) is 3.04. The first kappa shape index (κ1) is 14.2. The summed E-state index contributed by atoms with van der Waals surface area (Å²) in [4.78, 5) is 20.9. The number of hydrogen-bond donors (Lipinski definition) is 1. The predicted molar refractivity (Wildman–Crippen MR) is 81.6 cm³/mol. The van der Waals surface area contributed by atoms with E-state index in [1.54, 1.807) is 11.0 Å². The molecule has 0 radical (unpaired) electrons. The van der Waals surface area contributed by atoms with Crippen molar-refractivity contribution < 1.29 is 4.79 Å². The van der Waals surface area contributed by atoms with Crippen LogP contribution in [0.1, 0.15) is 28.7 Å². The van der Waals surface area contributed by atoms with Crippen molar-refractivity contribution in [3.63, 3.8) is 0 Å². The first-order chi connectivity index (χ1) is 10.5. The molecule has 1 N–H and O–H groups in total. The number of amides is 1. The molecule has 3 rings (SSSR count). The van der Waals surface area contributed by atoms with Gasteiger partial charge in [-0.25, -0.2) is 9.97 Å². The zero-order valence-corrected chi connectivity index (χ0v) is 12.8. The highest BCUT2D eigenvalue weighted by atomic mass is 16.2. The summed E-state index contributed by atoms with van der Waals surface area (Å²) >= 11 is 0. The predicted octanol–water partition coefficient (Wildman–Crippen LogP) is 1.36. The van der Waals surface area contributed by atoms with E-state index in [0.717, 1.165) is 16.9 Å². The first-order valence-corrected chi connectivity index (χ1v) is 7.13. The second-order valence-electron chi connectivity index (χ2n) is 5.47. The molecular weight excluding hydrogens is 280 g/mol.